The van der Waals surface area contributed by atoms with Crippen LogP contribution in [0.2, 0.25) is 0 Å². The minimum atomic E-state index is -1.26. The smallest absolute Gasteiger partial charge is 0.187 e. The number of ether oxygens (including phenoxy) is 10. The molecule has 3 saturated heterocycles. The van der Waals surface area contributed by atoms with Gasteiger partial charge in [0.15, 0.2) is 17.9 Å². The van der Waals surface area contributed by atoms with Crippen molar-refractivity contribution in [2.45, 2.75) is 158 Å². The zero-order valence-electron chi connectivity index (χ0n) is 30.6. The topological polar surface area (TPSA) is 153 Å². The average molecular weight is 701 g/mol. The van der Waals surface area contributed by atoms with Crippen molar-refractivity contribution in [2.24, 2.45) is 28.6 Å². The maximum Gasteiger partial charge on any atom is 0.187 e. The van der Waals surface area contributed by atoms with Crippen molar-refractivity contribution in [3.05, 3.63) is 0 Å². The Morgan fingerprint density at radius 1 is 0.837 bits per heavy atom. The van der Waals surface area contributed by atoms with Crippen LogP contribution in [0.4, 0.5) is 0 Å². The lowest BCUT2D eigenvalue weighted by Gasteiger charge is -2.71. The number of rotatable bonds is 9. The number of methoxy groups -OCH3 is 2. The SMILES string of the molecule is COCO[C@@H]1[C@H]2OC(C)(C)O[C@H]2[C@H](O[C@H]2C[C@H]3OC(C)(C)OC[C@]34C3C(CC[C@]4(O)C2)[C@@]2(O)CC[C@H](CO)[C@@]2(C)C[C@H]3OCOC)O[C@H]1C. The molecule has 0 aromatic heterocycles. The highest BCUT2D eigenvalue weighted by Gasteiger charge is 2.77. The Balaban J connectivity index is 1.22. The Kier molecular flexibility index (Phi) is 9.63. The minimum absolute atomic E-state index is 0.0131. The van der Waals surface area contributed by atoms with E-state index in [1.807, 2.05) is 34.6 Å². The van der Waals surface area contributed by atoms with E-state index in [1.54, 1.807) is 14.2 Å². The normalized spacial score (nSPS) is 52.8. The van der Waals surface area contributed by atoms with E-state index in [-0.39, 0.29) is 56.8 Å². The fourth-order valence-corrected chi connectivity index (χ4v) is 11.6. The standard InChI is InChI=1S/C36H60O13/c1-20-27(43-19-41-8)28-29(49-32(4,5)48-28)30(45-20)46-22-13-25-35(17-44-31(2,3)47-25)26-23(10-11-34(35,38)14-22)36(39)12-9-21(16-37)33(36,6)15-24(26)42-18-40-7/h20-30,37-39H,9-19H2,1-8H3/t20-,21+,22-,23?,24+,25+,26?,27-,28+,29+,30-,33+,34-,35+,36-/m0/s1. The van der Waals surface area contributed by atoms with Crippen LogP contribution in [0.25, 0.3) is 0 Å². The third-order valence-electron chi connectivity index (χ3n) is 13.8. The zero-order valence-corrected chi connectivity index (χ0v) is 30.6. The first-order valence-electron chi connectivity index (χ1n) is 18.3. The van der Waals surface area contributed by atoms with Crippen molar-refractivity contribution < 1.29 is 62.7 Å². The van der Waals surface area contributed by atoms with Crippen molar-refractivity contribution in [1.29, 1.82) is 0 Å². The molecule has 2 unspecified atom stereocenters. The second-order valence-corrected chi connectivity index (χ2v) is 17.1. The molecule has 0 aromatic carbocycles. The van der Waals surface area contributed by atoms with E-state index in [4.69, 9.17) is 47.4 Å². The number of fused-ring (bicyclic) bond motifs is 4. The Morgan fingerprint density at radius 2 is 1.55 bits per heavy atom. The van der Waals surface area contributed by atoms with E-state index in [0.717, 1.165) is 6.42 Å². The quantitative estimate of drug-likeness (QED) is 0.239. The van der Waals surface area contributed by atoms with Crippen molar-refractivity contribution >= 4 is 0 Å². The molecule has 0 radical (unpaired) electrons. The van der Waals surface area contributed by atoms with E-state index < -0.39 is 70.4 Å². The Morgan fingerprint density at radius 3 is 2.27 bits per heavy atom. The summed E-state index contributed by atoms with van der Waals surface area (Å²) in [4.78, 5) is 0. The predicted octanol–water partition coefficient (Wildman–Crippen LogP) is 2.85. The van der Waals surface area contributed by atoms with E-state index in [9.17, 15) is 15.3 Å². The van der Waals surface area contributed by atoms with E-state index >= 15 is 0 Å². The second-order valence-electron chi connectivity index (χ2n) is 17.1. The largest absolute Gasteiger partial charge is 0.396 e. The lowest BCUT2D eigenvalue weighted by atomic mass is 9.40. The lowest BCUT2D eigenvalue weighted by molar-refractivity contribution is -0.410. The number of hydrogen-bond donors (Lipinski definition) is 3. The van der Waals surface area contributed by atoms with E-state index in [0.29, 0.717) is 38.5 Å². The van der Waals surface area contributed by atoms with Gasteiger partial charge in [0, 0.05) is 45.0 Å². The van der Waals surface area contributed by atoms with Gasteiger partial charge in [-0.2, -0.15) is 0 Å². The molecule has 0 amide bonds. The number of hydrogen-bond acceptors (Lipinski definition) is 13. The van der Waals surface area contributed by atoms with Gasteiger partial charge in [-0.3, -0.25) is 0 Å². The summed E-state index contributed by atoms with van der Waals surface area (Å²) in [7, 11) is 3.18. The van der Waals surface area contributed by atoms with Crippen LogP contribution < -0.4 is 0 Å². The van der Waals surface area contributed by atoms with Gasteiger partial charge in [-0.15, -0.1) is 0 Å². The molecule has 1 spiro atoms. The Hall–Kier alpha value is -0.520. The third-order valence-corrected chi connectivity index (χ3v) is 13.8. The molecule has 0 bridgehead atoms. The van der Waals surface area contributed by atoms with Gasteiger partial charge in [0.05, 0.1) is 47.6 Å². The van der Waals surface area contributed by atoms with E-state index in [2.05, 4.69) is 6.92 Å². The summed E-state index contributed by atoms with van der Waals surface area (Å²) in [5, 5.41) is 36.2. The Bertz CT molecular complexity index is 1200. The molecule has 0 aromatic rings. The summed E-state index contributed by atoms with van der Waals surface area (Å²) in [6.07, 6.45) is -0.136. The van der Waals surface area contributed by atoms with Gasteiger partial charge >= 0.3 is 0 Å². The molecule has 15 atom stereocenters. The molecule has 13 heteroatoms. The predicted molar refractivity (Wildman–Crippen MR) is 172 cm³/mol. The minimum Gasteiger partial charge on any atom is -0.396 e. The zero-order chi connectivity index (χ0) is 35.2. The highest BCUT2D eigenvalue weighted by molar-refractivity contribution is 5.25. The van der Waals surface area contributed by atoms with Gasteiger partial charge in [0.25, 0.3) is 0 Å². The summed E-state index contributed by atoms with van der Waals surface area (Å²) in [6, 6.07) is 0. The second kappa shape index (κ2) is 12.8. The van der Waals surface area contributed by atoms with Crippen molar-refractivity contribution in [3.63, 3.8) is 0 Å². The first-order chi connectivity index (χ1) is 23.1. The summed E-state index contributed by atoms with van der Waals surface area (Å²) in [5.74, 6) is -2.30. The van der Waals surface area contributed by atoms with Crippen molar-refractivity contribution in [1.82, 2.24) is 0 Å². The molecule has 7 rings (SSSR count). The van der Waals surface area contributed by atoms with Crippen molar-refractivity contribution in [3.8, 4) is 0 Å². The van der Waals surface area contributed by atoms with Crippen LogP contribution >= 0.6 is 0 Å². The highest BCUT2D eigenvalue weighted by Crippen LogP contribution is 2.71. The number of aliphatic hydroxyl groups excluding tert-OH is 1. The summed E-state index contributed by atoms with van der Waals surface area (Å²) >= 11 is 0. The summed E-state index contributed by atoms with van der Waals surface area (Å²) in [6.45, 7) is 12.0. The highest BCUT2D eigenvalue weighted by atomic mass is 16.8. The van der Waals surface area contributed by atoms with Crippen LogP contribution in [0, 0.1) is 28.6 Å². The molecule has 49 heavy (non-hydrogen) atoms. The molecule has 13 nitrogen and oxygen atoms in total. The van der Waals surface area contributed by atoms with Gasteiger partial charge in [-0.25, -0.2) is 0 Å². The summed E-state index contributed by atoms with van der Waals surface area (Å²) < 4.78 is 62.4. The van der Waals surface area contributed by atoms with Crippen LogP contribution in [0.15, 0.2) is 0 Å². The molecule has 3 N–H and O–H groups in total. The molecule has 3 heterocycles. The first-order valence-corrected chi connectivity index (χ1v) is 18.3. The van der Waals surface area contributed by atoms with E-state index in [1.165, 1.54) is 0 Å². The van der Waals surface area contributed by atoms with Gasteiger partial charge < -0.3 is 62.7 Å². The molecule has 7 aliphatic rings. The first kappa shape index (κ1) is 36.8. The van der Waals surface area contributed by atoms with Gasteiger partial charge in [0.2, 0.25) is 0 Å². The average Bonchev–Trinajstić information content (AvgIpc) is 3.49. The molecular weight excluding hydrogens is 640 g/mol. The molecule has 282 valence electrons. The third kappa shape index (κ3) is 5.68. The maximum absolute atomic E-state index is 13.1. The molecular formula is C36H60O13. The van der Waals surface area contributed by atoms with Gasteiger partial charge in [0.1, 0.15) is 31.9 Å². The fourth-order valence-electron chi connectivity index (χ4n) is 11.6. The van der Waals surface area contributed by atoms with Crippen LogP contribution in [0.5, 0.6) is 0 Å². The molecule has 3 aliphatic heterocycles. The molecule has 4 aliphatic carbocycles. The van der Waals surface area contributed by atoms with Crippen LogP contribution in [0.3, 0.4) is 0 Å². The number of aliphatic hydroxyl groups is 3. The van der Waals surface area contributed by atoms with Gasteiger partial charge in [-0.05, 0) is 78.6 Å². The Labute approximate surface area is 290 Å². The maximum atomic E-state index is 13.1. The van der Waals surface area contributed by atoms with Gasteiger partial charge in [-0.1, -0.05) is 6.92 Å². The lowest BCUT2D eigenvalue weighted by Crippen LogP contribution is -2.78. The monoisotopic (exact) mass is 700 g/mol. The van der Waals surface area contributed by atoms with Crippen LogP contribution in [-0.4, -0.2) is 128 Å². The van der Waals surface area contributed by atoms with Crippen LogP contribution in [0.1, 0.15) is 86.5 Å². The molecule has 7 fully saturated rings. The molecule has 4 saturated carbocycles. The van der Waals surface area contributed by atoms with Crippen LogP contribution in [-0.2, 0) is 47.4 Å². The summed E-state index contributed by atoms with van der Waals surface area (Å²) in [5.41, 5.74) is -3.74. The fraction of sp³-hybridized carbons (Fsp3) is 1.00. The van der Waals surface area contributed by atoms with Crippen molar-refractivity contribution in [2.75, 3.05) is 41.0 Å².